The second-order valence-corrected chi connectivity index (χ2v) is 9.81. The lowest BCUT2D eigenvalue weighted by Gasteiger charge is -2.34. The quantitative estimate of drug-likeness (QED) is 0.331. The Labute approximate surface area is 236 Å². The molecule has 10 heteroatoms. The van der Waals surface area contributed by atoms with Gasteiger partial charge in [-0.15, -0.1) is 0 Å². The molecule has 1 unspecified atom stereocenters. The summed E-state index contributed by atoms with van der Waals surface area (Å²) in [4.78, 5) is 28.4. The molecule has 1 aromatic heterocycles. The van der Waals surface area contributed by atoms with Crippen LogP contribution in [-0.4, -0.2) is 41.9 Å². The predicted octanol–water partition coefficient (Wildman–Crippen LogP) is 5.32. The number of rotatable bonds is 7. The summed E-state index contributed by atoms with van der Waals surface area (Å²) in [6, 6.07) is 19.9. The van der Waals surface area contributed by atoms with Crippen molar-refractivity contribution in [2.45, 2.75) is 25.9 Å². The third-order valence-corrected chi connectivity index (χ3v) is 7.12. The van der Waals surface area contributed by atoms with Gasteiger partial charge < -0.3 is 19.7 Å². The number of nitriles is 1. The average Bonchev–Trinajstić information content (AvgIpc) is 3.36. The van der Waals surface area contributed by atoms with E-state index in [1.54, 1.807) is 28.8 Å². The van der Waals surface area contributed by atoms with Crippen LogP contribution in [-0.2, 0) is 13.0 Å². The van der Waals surface area contributed by atoms with Crippen LogP contribution in [0.4, 0.5) is 11.4 Å². The Bertz CT molecular complexity index is 1640. The molecular weight excluding hydrogens is 530 g/mol. The Morgan fingerprint density at radius 3 is 2.50 bits per heavy atom. The van der Waals surface area contributed by atoms with Gasteiger partial charge in [-0.25, -0.2) is 0 Å². The lowest BCUT2D eigenvalue weighted by atomic mass is 10.0. The summed E-state index contributed by atoms with van der Waals surface area (Å²) in [7, 11) is 3.04. The van der Waals surface area contributed by atoms with Gasteiger partial charge in [-0.2, -0.15) is 10.4 Å². The highest BCUT2D eigenvalue weighted by Crippen LogP contribution is 2.31. The van der Waals surface area contributed by atoms with Crippen LogP contribution in [0.15, 0.2) is 66.9 Å². The van der Waals surface area contributed by atoms with E-state index in [2.05, 4.69) is 10.4 Å². The van der Waals surface area contributed by atoms with Crippen LogP contribution in [0.5, 0.6) is 11.5 Å². The number of halogens is 1. The Kier molecular flexibility index (Phi) is 7.45. The number of fused-ring (bicyclic) bond motifs is 1. The number of nitrogens with one attached hydrogen (secondary N) is 1. The van der Waals surface area contributed by atoms with Gasteiger partial charge >= 0.3 is 0 Å². The minimum Gasteiger partial charge on any atom is -0.495 e. The number of ether oxygens (including phenoxy) is 2. The Morgan fingerprint density at radius 1 is 1.07 bits per heavy atom. The van der Waals surface area contributed by atoms with E-state index in [9.17, 15) is 14.9 Å². The summed E-state index contributed by atoms with van der Waals surface area (Å²) in [5.74, 6) is 0.270. The fourth-order valence-corrected chi connectivity index (χ4v) is 5.01. The number of aromatic nitrogens is 2. The lowest BCUT2D eigenvalue weighted by Crippen LogP contribution is -2.47. The maximum atomic E-state index is 13.7. The molecule has 2 amide bonds. The van der Waals surface area contributed by atoms with E-state index in [0.717, 1.165) is 16.8 Å². The van der Waals surface area contributed by atoms with Gasteiger partial charge in [0.2, 0.25) is 0 Å². The fraction of sp³-hybridized carbons (Fsp3) is 0.200. The number of hydrogen-bond donors (Lipinski definition) is 1. The molecule has 0 saturated carbocycles. The van der Waals surface area contributed by atoms with Crippen LogP contribution in [0.3, 0.4) is 0 Å². The number of carbonyl (C=O) groups is 2. The molecule has 3 aromatic carbocycles. The molecular formula is C30H26ClN5O4. The van der Waals surface area contributed by atoms with Gasteiger partial charge in [0.1, 0.15) is 23.3 Å². The number of amides is 2. The van der Waals surface area contributed by atoms with Gasteiger partial charge in [0, 0.05) is 11.3 Å². The molecule has 1 aliphatic rings. The largest absolute Gasteiger partial charge is 0.495 e. The van der Waals surface area contributed by atoms with E-state index >= 15 is 0 Å². The van der Waals surface area contributed by atoms with Crippen LogP contribution in [0.2, 0.25) is 5.02 Å². The first-order valence-electron chi connectivity index (χ1n) is 12.5. The molecule has 1 N–H and O–H groups in total. The van der Waals surface area contributed by atoms with Crippen LogP contribution < -0.4 is 19.7 Å². The van der Waals surface area contributed by atoms with E-state index in [-0.39, 0.29) is 28.8 Å². The van der Waals surface area contributed by atoms with Crippen molar-refractivity contribution in [2.75, 3.05) is 24.4 Å². The smallest absolute Gasteiger partial charge is 0.279 e. The van der Waals surface area contributed by atoms with E-state index in [0.29, 0.717) is 35.2 Å². The zero-order valence-corrected chi connectivity index (χ0v) is 22.9. The molecule has 0 fully saturated rings. The molecule has 0 bridgehead atoms. The van der Waals surface area contributed by atoms with Gasteiger partial charge in [0.05, 0.1) is 49.3 Å². The average molecular weight is 556 g/mol. The first-order valence-corrected chi connectivity index (χ1v) is 12.9. The van der Waals surface area contributed by atoms with E-state index in [1.165, 1.54) is 19.4 Å². The van der Waals surface area contributed by atoms with E-state index < -0.39 is 5.91 Å². The SMILES string of the molecule is COc1cc(Cc2ccc(N3C(=O)c4c(NC(=O)c5ccc(OC)c(C#N)c5)cnn4CC3C)cc2)ccc1Cl. The maximum Gasteiger partial charge on any atom is 0.279 e. The molecule has 0 spiro atoms. The number of carbonyl (C=O) groups excluding carboxylic acids is 2. The highest BCUT2D eigenvalue weighted by molar-refractivity contribution is 6.32. The molecule has 0 aliphatic carbocycles. The molecule has 5 rings (SSSR count). The van der Waals surface area contributed by atoms with Crippen molar-refractivity contribution in [1.29, 1.82) is 5.26 Å². The number of anilines is 2. The van der Waals surface area contributed by atoms with Gasteiger partial charge in [-0.3, -0.25) is 14.3 Å². The third-order valence-electron chi connectivity index (χ3n) is 6.81. The summed E-state index contributed by atoms with van der Waals surface area (Å²) in [6.07, 6.45) is 2.15. The van der Waals surface area contributed by atoms with Crippen molar-refractivity contribution in [1.82, 2.24) is 9.78 Å². The van der Waals surface area contributed by atoms with Gasteiger partial charge in [-0.05, 0) is 66.9 Å². The standard InChI is InChI=1S/C30H26ClN5O4/c1-18-17-35-28(25(16-33-35)34-29(37)21-7-11-26(39-2)22(14-21)15-32)30(38)36(18)23-8-4-19(5-9-23)12-20-6-10-24(31)27(13-20)40-3/h4-11,13-14,16,18H,12,17H2,1-3H3,(H,34,37). The Hall–Kier alpha value is -4.81. The van der Waals surface area contributed by atoms with Crippen LogP contribution in [0.1, 0.15) is 44.5 Å². The summed E-state index contributed by atoms with van der Waals surface area (Å²) in [6.45, 7) is 2.42. The monoisotopic (exact) mass is 555 g/mol. The molecule has 2 heterocycles. The summed E-state index contributed by atoms with van der Waals surface area (Å²) in [5.41, 5.74) is 3.96. The summed E-state index contributed by atoms with van der Waals surface area (Å²) < 4.78 is 12.1. The minimum absolute atomic E-state index is 0.158. The second-order valence-electron chi connectivity index (χ2n) is 9.41. The van der Waals surface area contributed by atoms with Crippen molar-refractivity contribution >= 4 is 34.8 Å². The molecule has 1 aliphatic heterocycles. The van der Waals surface area contributed by atoms with Gasteiger partial charge in [0.15, 0.2) is 0 Å². The highest BCUT2D eigenvalue weighted by atomic mass is 35.5. The summed E-state index contributed by atoms with van der Waals surface area (Å²) >= 11 is 6.15. The van der Waals surface area contributed by atoms with Crippen LogP contribution >= 0.6 is 11.6 Å². The Balaban J connectivity index is 1.36. The highest BCUT2D eigenvalue weighted by Gasteiger charge is 2.34. The topological polar surface area (TPSA) is 109 Å². The number of benzene rings is 3. The van der Waals surface area contributed by atoms with Crippen LogP contribution in [0.25, 0.3) is 0 Å². The number of nitrogens with zero attached hydrogens (tertiary/aromatic N) is 4. The summed E-state index contributed by atoms with van der Waals surface area (Å²) in [5, 5.41) is 17.0. The van der Waals surface area contributed by atoms with Crippen molar-refractivity contribution in [3.05, 3.63) is 99.8 Å². The van der Waals surface area contributed by atoms with Crippen molar-refractivity contribution in [2.24, 2.45) is 0 Å². The molecule has 0 saturated heterocycles. The van der Waals surface area contributed by atoms with Crippen molar-refractivity contribution in [3.8, 4) is 17.6 Å². The molecule has 4 aromatic rings. The normalized spacial score (nSPS) is 14.3. The number of methoxy groups -OCH3 is 2. The second kappa shape index (κ2) is 11.1. The van der Waals surface area contributed by atoms with Crippen molar-refractivity contribution < 1.29 is 19.1 Å². The Morgan fingerprint density at radius 2 is 1.80 bits per heavy atom. The van der Waals surface area contributed by atoms with Crippen molar-refractivity contribution in [3.63, 3.8) is 0 Å². The first kappa shape index (κ1) is 26.8. The molecule has 202 valence electrons. The fourth-order valence-electron chi connectivity index (χ4n) is 4.81. The maximum absolute atomic E-state index is 13.7. The third kappa shape index (κ3) is 5.09. The molecule has 1 atom stereocenters. The molecule has 0 radical (unpaired) electrons. The molecule has 40 heavy (non-hydrogen) atoms. The molecule has 9 nitrogen and oxygen atoms in total. The first-order chi connectivity index (χ1) is 19.3. The zero-order chi connectivity index (χ0) is 28.4. The van der Waals surface area contributed by atoms with Gasteiger partial charge in [-0.1, -0.05) is 29.8 Å². The van der Waals surface area contributed by atoms with Gasteiger partial charge in [0.25, 0.3) is 11.8 Å². The predicted molar refractivity (Wildman–Crippen MR) is 151 cm³/mol. The minimum atomic E-state index is -0.462. The lowest BCUT2D eigenvalue weighted by molar-refractivity contribution is 0.0948. The van der Waals surface area contributed by atoms with Crippen LogP contribution in [0, 0.1) is 11.3 Å². The van der Waals surface area contributed by atoms with E-state index in [4.69, 9.17) is 21.1 Å². The zero-order valence-electron chi connectivity index (χ0n) is 22.1. The van der Waals surface area contributed by atoms with E-state index in [1.807, 2.05) is 55.5 Å². The number of hydrogen-bond acceptors (Lipinski definition) is 6.